The minimum atomic E-state index is -0.961. The number of carbonyl (C=O) groups is 2. The molecule has 2 N–H and O–H groups in total. The number of urea groups is 1. The van der Waals surface area contributed by atoms with Crippen LogP contribution in [-0.4, -0.2) is 57.4 Å². The molecule has 1 fully saturated rings. The number of carbonyl (C=O) groups excluding carboxylic acids is 1. The average molecular weight is 290 g/mol. The zero-order valence-electron chi connectivity index (χ0n) is 11.4. The van der Waals surface area contributed by atoms with Crippen molar-refractivity contribution in [3.8, 4) is 0 Å². The maximum Gasteiger partial charge on any atom is 0.326 e. The van der Waals surface area contributed by atoms with Crippen molar-refractivity contribution < 1.29 is 18.9 Å². The molecule has 0 saturated carbocycles. The van der Waals surface area contributed by atoms with E-state index in [-0.39, 0.29) is 6.03 Å². The maximum atomic E-state index is 11.9. The van der Waals surface area contributed by atoms with Crippen LogP contribution in [0.3, 0.4) is 0 Å². The van der Waals surface area contributed by atoms with E-state index in [1.807, 2.05) is 6.92 Å². The molecule has 0 aromatic carbocycles. The van der Waals surface area contributed by atoms with E-state index in [1.54, 1.807) is 6.26 Å². The first kappa shape index (κ1) is 15.9. The fourth-order valence-electron chi connectivity index (χ4n) is 2.29. The van der Waals surface area contributed by atoms with Gasteiger partial charge in [0.25, 0.3) is 0 Å². The van der Waals surface area contributed by atoms with Gasteiger partial charge in [0.05, 0.1) is 0 Å². The third-order valence-corrected chi connectivity index (χ3v) is 4.28. The van der Waals surface area contributed by atoms with Crippen LogP contribution in [0.2, 0.25) is 0 Å². The number of rotatable bonds is 5. The summed E-state index contributed by atoms with van der Waals surface area (Å²) < 4.78 is 10.9. The van der Waals surface area contributed by atoms with Crippen molar-refractivity contribution in [2.24, 2.45) is 5.92 Å². The molecule has 1 rings (SSSR count). The minimum absolute atomic E-state index is 0.308. The van der Waals surface area contributed by atoms with Gasteiger partial charge in [0, 0.05) is 35.9 Å². The third-order valence-electron chi connectivity index (χ3n) is 3.50. The molecule has 0 aromatic heterocycles. The number of aliphatic carboxylic acids is 1. The van der Waals surface area contributed by atoms with Gasteiger partial charge in [-0.15, -0.1) is 0 Å². The summed E-state index contributed by atoms with van der Waals surface area (Å²) in [5, 5.41) is 11.8. The lowest BCUT2D eigenvalue weighted by Gasteiger charge is -2.36. The van der Waals surface area contributed by atoms with Crippen LogP contribution in [-0.2, 0) is 15.6 Å². The molecule has 3 unspecified atom stereocenters. The summed E-state index contributed by atoms with van der Waals surface area (Å²) in [5.74, 6) is -0.199. The van der Waals surface area contributed by atoms with Crippen LogP contribution >= 0.6 is 0 Å². The Labute approximate surface area is 116 Å². The summed E-state index contributed by atoms with van der Waals surface area (Å²) in [4.78, 5) is 24.6. The van der Waals surface area contributed by atoms with E-state index in [0.29, 0.717) is 31.2 Å². The van der Waals surface area contributed by atoms with E-state index in [9.17, 15) is 18.9 Å². The molecular formula is C12H22N2O4S. The van der Waals surface area contributed by atoms with Crippen molar-refractivity contribution in [1.29, 1.82) is 0 Å². The normalized spacial score (nSPS) is 24.8. The summed E-state index contributed by atoms with van der Waals surface area (Å²) in [6.45, 7) is 2.81. The minimum Gasteiger partial charge on any atom is -0.480 e. The van der Waals surface area contributed by atoms with Crippen LogP contribution in [0, 0.1) is 5.92 Å². The molecule has 1 heterocycles. The molecule has 0 aliphatic carbocycles. The summed E-state index contributed by atoms with van der Waals surface area (Å²) >= 11 is 0. The Morgan fingerprint density at radius 1 is 1.47 bits per heavy atom. The maximum absolute atomic E-state index is 11.9. The van der Waals surface area contributed by atoms with Crippen molar-refractivity contribution in [2.45, 2.75) is 32.2 Å². The van der Waals surface area contributed by atoms with Crippen molar-refractivity contribution in [2.75, 3.05) is 25.1 Å². The Balaban J connectivity index is 2.56. The van der Waals surface area contributed by atoms with Gasteiger partial charge in [-0.3, -0.25) is 4.21 Å². The fraction of sp³-hybridized carbons (Fsp3) is 0.833. The molecule has 0 radical (unpaired) electrons. The SMILES string of the molecule is CCC1CCN(C(=O)NCCS(C)=O)C(C(=O)O)C1. The third kappa shape index (κ3) is 4.81. The number of hydrogen-bond acceptors (Lipinski definition) is 3. The van der Waals surface area contributed by atoms with E-state index in [2.05, 4.69) is 5.32 Å². The Hall–Kier alpha value is -1.11. The van der Waals surface area contributed by atoms with Gasteiger partial charge >= 0.3 is 12.0 Å². The van der Waals surface area contributed by atoms with Crippen LogP contribution in [0.1, 0.15) is 26.2 Å². The predicted octanol–water partition coefficient (Wildman–Crippen LogP) is 0.650. The van der Waals surface area contributed by atoms with Crippen LogP contribution in [0.5, 0.6) is 0 Å². The van der Waals surface area contributed by atoms with Crippen LogP contribution in [0.15, 0.2) is 0 Å². The van der Waals surface area contributed by atoms with Crippen LogP contribution in [0.25, 0.3) is 0 Å². The average Bonchev–Trinajstić information content (AvgIpc) is 2.37. The van der Waals surface area contributed by atoms with Gasteiger partial charge in [-0.1, -0.05) is 13.3 Å². The molecule has 2 amide bonds. The van der Waals surface area contributed by atoms with Gasteiger partial charge in [-0.2, -0.15) is 0 Å². The lowest BCUT2D eigenvalue weighted by atomic mass is 9.89. The number of likely N-dealkylation sites (tertiary alicyclic amines) is 1. The highest BCUT2D eigenvalue weighted by Gasteiger charge is 2.35. The number of carboxylic acid groups (broad SMARTS) is 1. The highest BCUT2D eigenvalue weighted by molar-refractivity contribution is 7.84. The molecule has 6 nitrogen and oxygen atoms in total. The Kier molecular flexibility index (Phi) is 6.27. The molecule has 1 saturated heterocycles. The molecule has 7 heteroatoms. The molecule has 1 aliphatic heterocycles. The summed E-state index contributed by atoms with van der Waals surface area (Å²) in [6, 6.07) is -1.11. The van der Waals surface area contributed by atoms with Crippen LogP contribution < -0.4 is 5.32 Å². The van der Waals surface area contributed by atoms with Crippen molar-refractivity contribution in [1.82, 2.24) is 10.2 Å². The zero-order valence-corrected chi connectivity index (χ0v) is 12.2. The number of carboxylic acids is 1. The van der Waals surface area contributed by atoms with Crippen molar-refractivity contribution in [3.05, 3.63) is 0 Å². The quantitative estimate of drug-likeness (QED) is 0.778. The summed E-state index contributed by atoms with van der Waals surface area (Å²) in [7, 11) is -0.961. The first-order valence-electron chi connectivity index (χ1n) is 6.53. The molecule has 1 aliphatic rings. The Morgan fingerprint density at radius 2 is 2.16 bits per heavy atom. The molecule has 3 atom stereocenters. The van der Waals surface area contributed by atoms with Gasteiger partial charge in [-0.05, 0) is 18.8 Å². The predicted molar refractivity (Wildman–Crippen MR) is 73.5 cm³/mol. The lowest BCUT2D eigenvalue weighted by Crippen LogP contribution is -2.53. The van der Waals surface area contributed by atoms with Crippen LogP contribution in [0.4, 0.5) is 4.79 Å². The second-order valence-corrected chi connectivity index (χ2v) is 6.41. The van der Waals surface area contributed by atoms with E-state index in [1.165, 1.54) is 4.90 Å². The molecule has 0 bridgehead atoms. The second-order valence-electron chi connectivity index (χ2n) is 4.86. The van der Waals surface area contributed by atoms with E-state index in [0.717, 1.165) is 12.8 Å². The van der Waals surface area contributed by atoms with Crippen molar-refractivity contribution in [3.63, 3.8) is 0 Å². The monoisotopic (exact) mass is 290 g/mol. The molecule has 0 spiro atoms. The fourth-order valence-corrected chi connectivity index (χ4v) is 2.68. The molecule has 110 valence electrons. The lowest BCUT2D eigenvalue weighted by molar-refractivity contribution is -0.144. The number of nitrogens with zero attached hydrogens (tertiary/aromatic N) is 1. The topological polar surface area (TPSA) is 86.7 Å². The summed E-state index contributed by atoms with van der Waals surface area (Å²) in [6.07, 6.45) is 3.86. The van der Waals surface area contributed by atoms with Gasteiger partial charge in [-0.25, -0.2) is 9.59 Å². The Morgan fingerprint density at radius 3 is 2.68 bits per heavy atom. The highest BCUT2D eigenvalue weighted by Crippen LogP contribution is 2.25. The standard InChI is InChI=1S/C12H22N2O4S/c1-3-9-4-6-14(10(8-9)11(15)16)12(17)13-5-7-19(2)18/h9-10H,3-8H2,1-2H3,(H,13,17)(H,15,16). The molecule has 19 heavy (non-hydrogen) atoms. The van der Waals surface area contributed by atoms with Gasteiger partial charge in [0.1, 0.15) is 6.04 Å². The highest BCUT2D eigenvalue weighted by atomic mass is 32.2. The number of amides is 2. The van der Waals surface area contributed by atoms with Gasteiger partial charge in [0.15, 0.2) is 0 Å². The van der Waals surface area contributed by atoms with E-state index >= 15 is 0 Å². The van der Waals surface area contributed by atoms with E-state index < -0.39 is 22.8 Å². The number of hydrogen-bond donors (Lipinski definition) is 2. The largest absolute Gasteiger partial charge is 0.480 e. The first-order valence-corrected chi connectivity index (χ1v) is 8.25. The first-order chi connectivity index (χ1) is 8.95. The molecular weight excluding hydrogens is 268 g/mol. The number of piperidine rings is 1. The number of nitrogens with one attached hydrogen (secondary N) is 1. The zero-order chi connectivity index (χ0) is 14.4. The Bertz CT molecular complexity index is 362. The van der Waals surface area contributed by atoms with Gasteiger partial charge in [0.2, 0.25) is 0 Å². The second kappa shape index (κ2) is 7.47. The smallest absolute Gasteiger partial charge is 0.326 e. The van der Waals surface area contributed by atoms with Crippen molar-refractivity contribution >= 4 is 22.8 Å². The van der Waals surface area contributed by atoms with Gasteiger partial charge < -0.3 is 15.3 Å². The molecule has 0 aromatic rings. The van der Waals surface area contributed by atoms with E-state index in [4.69, 9.17) is 0 Å². The summed E-state index contributed by atoms with van der Waals surface area (Å²) in [5.41, 5.74) is 0.